The number of nitrogens with one attached hydrogen (secondary N) is 2. The van der Waals surface area contributed by atoms with Gasteiger partial charge in [0.2, 0.25) is 0 Å². The molecule has 0 spiro atoms. The number of nitrogens with zero attached hydrogens (tertiary/aromatic N) is 1. The molecular formula is C23H27N3O2. The Morgan fingerprint density at radius 3 is 2.68 bits per heavy atom. The normalized spacial score (nSPS) is 25.3. The third-order valence-corrected chi connectivity index (χ3v) is 6.34. The number of ether oxygens (including phenoxy) is 1. The number of anilines is 1. The zero-order valence-corrected chi connectivity index (χ0v) is 16.3. The molecular weight excluding hydrogens is 350 g/mol. The molecule has 1 amide bonds. The van der Waals surface area contributed by atoms with Crippen LogP contribution in [0.5, 0.6) is 5.75 Å². The molecule has 0 saturated carbocycles. The fourth-order valence-corrected chi connectivity index (χ4v) is 4.75. The van der Waals surface area contributed by atoms with Crippen LogP contribution in [0.1, 0.15) is 53.3 Å². The maximum absolute atomic E-state index is 12.6. The lowest BCUT2D eigenvalue weighted by Crippen LogP contribution is -2.42. The van der Waals surface area contributed by atoms with E-state index in [0.29, 0.717) is 12.5 Å². The largest absolute Gasteiger partial charge is 0.494 e. The van der Waals surface area contributed by atoms with Crippen LogP contribution in [-0.2, 0) is 0 Å². The summed E-state index contributed by atoms with van der Waals surface area (Å²) in [5.74, 6) is 1.55. The molecule has 3 aliphatic rings. The van der Waals surface area contributed by atoms with Crippen LogP contribution in [0.2, 0.25) is 0 Å². The van der Waals surface area contributed by atoms with Crippen LogP contribution in [0.3, 0.4) is 0 Å². The Kier molecular flexibility index (Phi) is 4.47. The van der Waals surface area contributed by atoms with E-state index in [4.69, 9.17) is 4.74 Å². The Morgan fingerprint density at radius 1 is 1.14 bits per heavy atom. The fourth-order valence-electron chi connectivity index (χ4n) is 4.75. The van der Waals surface area contributed by atoms with Crippen molar-refractivity contribution in [2.45, 2.75) is 31.8 Å². The first-order chi connectivity index (χ1) is 13.7. The second-order valence-electron chi connectivity index (χ2n) is 7.96. The summed E-state index contributed by atoms with van der Waals surface area (Å²) in [5.41, 5.74) is 4.46. The van der Waals surface area contributed by atoms with Gasteiger partial charge in [0.25, 0.3) is 5.91 Å². The predicted octanol–water partition coefficient (Wildman–Crippen LogP) is 3.75. The summed E-state index contributed by atoms with van der Waals surface area (Å²) in [6, 6.07) is 15.2. The number of hydrogen-bond donors (Lipinski definition) is 2. The van der Waals surface area contributed by atoms with Crippen LogP contribution >= 0.6 is 0 Å². The van der Waals surface area contributed by atoms with Gasteiger partial charge in [-0.1, -0.05) is 12.1 Å². The summed E-state index contributed by atoms with van der Waals surface area (Å²) in [4.78, 5) is 14.6. The third kappa shape index (κ3) is 2.94. The molecule has 5 nitrogen and oxygen atoms in total. The highest BCUT2D eigenvalue weighted by molar-refractivity contribution is 5.95. The standard InChI is InChI=1S/C23H27N3O2/c1-2-28-17-7-4-15(5-8-17)21-18-10-11-24-22(18)19-14-16(6-9-20(19)25-21)23(27)26-12-3-13-26/h4-9,14,18,21-22,24-25H,2-3,10-13H2,1H3. The van der Waals surface area contributed by atoms with Gasteiger partial charge < -0.3 is 20.3 Å². The van der Waals surface area contributed by atoms with Gasteiger partial charge in [-0.05, 0) is 67.8 Å². The highest BCUT2D eigenvalue weighted by Gasteiger charge is 2.40. The van der Waals surface area contributed by atoms with Crippen molar-refractivity contribution in [1.82, 2.24) is 10.2 Å². The summed E-state index contributed by atoms with van der Waals surface area (Å²) in [6.07, 6.45) is 2.24. The van der Waals surface area contributed by atoms with E-state index in [1.165, 1.54) is 11.1 Å². The van der Waals surface area contributed by atoms with Gasteiger partial charge in [0.15, 0.2) is 0 Å². The molecule has 3 aliphatic heterocycles. The van der Waals surface area contributed by atoms with E-state index >= 15 is 0 Å². The first-order valence-electron chi connectivity index (χ1n) is 10.4. The molecule has 2 aromatic carbocycles. The Balaban J connectivity index is 1.44. The van der Waals surface area contributed by atoms with E-state index in [1.54, 1.807) is 0 Å². The molecule has 2 saturated heterocycles. The molecule has 3 unspecified atom stereocenters. The summed E-state index contributed by atoms with van der Waals surface area (Å²) >= 11 is 0. The Labute approximate surface area is 166 Å². The van der Waals surface area contributed by atoms with Gasteiger partial charge in [-0.25, -0.2) is 0 Å². The summed E-state index contributed by atoms with van der Waals surface area (Å²) < 4.78 is 5.59. The first-order valence-corrected chi connectivity index (χ1v) is 10.4. The molecule has 146 valence electrons. The molecule has 28 heavy (non-hydrogen) atoms. The number of carbonyl (C=O) groups excluding carboxylic acids is 1. The molecule has 2 aromatic rings. The molecule has 0 bridgehead atoms. The fraction of sp³-hybridized carbons (Fsp3) is 0.435. The number of rotatable bonds is 4. The van der Waals surface area contributed by atoms with Crippen LogP contribution in [0.25, 0.3) is 0 Å². The van der Waals surface area contributed by atoms with Crippen LogP contribution in [0, 0.1) is 5.92 Å². The number of amides is 1. The first kappa shape index (κ1) is 17.6. The van der Waals surface area contributed by atoms with E-state index in [9.17, 15) is 4.79 Å². The minimum absolute atomic E-state index is 0.164. The van der Waals surface area contributed by atoms with Gasteiger partial charge in [-0.15, -0.1) is 0 Å². The minimum atomic E-state index is 0.164. The molecule has 3 atom stereocenters. The molecule has 2 N–H and O–H groups in total. The molecule has 3 heterocycles. The van der Waals surface area contributed by atoms with Crippen LogP contribution in [-0.4, -0.2) is 37.0 Å². The van der Waals surface area contributed by atoms with Gasteiger partial charge in [0, 0.05) is 36.3 Å². The molecule has 0 aromatic heterocycles. The van der Waals surface area contributed by atoms with Crippen molar-refractivity contribution in [3.05, 3.63) is 59.2 Å². The van der Waals surface area contributed by atoms with Crippen molar-refractivity contribution in [2.75, 3.05) is 31.6 Å². The number of fused-ring (bicyclic) bond motifs is 3. The molecule has 0 radical (unpaired) electrons. The van der Waals surface area contributed by atoms with E-state index in [0.717, 1.165) is 49.5 Å². The van der Waals surface area contributed by atoms with E-state index in [-0.39, 0.29) is 18.0 Å². The quantitative estimate of drug-likeness (QED) is 0.852. The van der Waals surface area contributed by atoms with Gasteiger partial charge in [0.05, 0.1) is 12.6 Å². The molecule has 2 fully saturated rings. The van der Waals surface area contributed by atoms with E-state index in [2.05, 4.69) is 47.0 Å². The average Bonchev–Trinajstić information content (AvgIpc) is 3.17. The van der Waals surface area contributed by atoms with Crippen molar-refractivity contribution < 1.29 is 9.53 Å². The SMILES string of the molecule is CCOc1ccc(C2Nc3ccc(C(=O)N4CCC4)cc3C3NCCC23)cc1. The number of likely N-dealkylation sites (tertiary alicyclic amines) is 1. The van der Waals surface area contributed by atoms with Gasteiger partial charge in [-0.3, -0.25) is 4.79 Å². The monoisotopic (exact) mass is 377 g/mol. The molecule has 0 aliphatic carbocycles. The second-order valence-corrected chi connectivity index (χ2v) is 7.96. The number of benzene rings is 2. The number of carbonyl (C=O) groups is 1. The Morgan fingerprint density at radius 2 is 1.96 bits per heavy atom. The Hall–Kier alpha value is -2.53. The van der Waals surface area contributed by atoms with E-state index < -0.39 is 0 Å². The number of hydrogen-bond acceptors (Lipinski definition) is 4. The Bertz CT molecular complexity index is 876. The summed E-state index contributed by atoms with van der Waals surface area (Å²) in [5, 5.41) is 7.43. The van der Waals surface area contributed by atoms with Gasteiger partial charge >= 0.3 is 0 Å². The van der Waals surface area contributed by atoms with Crippen LogP contribution < -0.4 is 15.4 Å². The van der Waals surface area contributed by atoms with Crippen LogP contribution in [0.4, 0.5) is 5.69 Å². The third-order valence-electron chi connectivity index (χ3n) is 6.34. The second kappa shape index (κ2) is 7.13. The molecule has 5 heteroatoms. The van der Waals surface area contributed by atoms with Crippen molar-refractivity contribution in [2.24, 2.45) is 5.92 Å². The predicted molar refractivity (Wildman–Crippen MR) is 110 cm³/mol. The zero-order valence-electron chi connectivity index (χ0n) is 16.3. The van der Waals surface area contributed by atoms with Crippen molar-refractivity contribution >= 4 is 11.6 Å². The minimum Gasteiger partial charge on any atom is -0.494 e. The van der Waals surface area contributed by atoms with Crippen molar-refractivity contribution in [1.29, 1.82) is 0 Å². The average molecular weight is 377 g/mol. The van der Waals surface area contributed by atoms with Crippen molar-refractivity contribution in [3.8, 4) is 5.75 Å². The highest BCUT2D eigenvalue weighted by atomic mass is 16.5. The van der Waals surface area contributed by atoms with E-state index in [1.807, 2.05) is 17.9 Å². The zero-order chi connectivity index (χ0) is 19.1. The summed E-state index contributed by atoms with van der Waals surface area (Å²) in [6.45, 7) is 5.47. The van der Waals surface area contributed by atoms with Crippen LogP contribution in [0.15, 0.2) is 42.5 Å². The molecule has 5 rings (SSSR count). The topological polar surface area (TPSA) is 53.6 Å². The van der Waals surface area contributed by atoms with Gasteiger partial charge in [0.1, 0.15) is 5.75 Å². The lowest BCUT2D eigenvalue weighted by atomic mass is 9.80. The lowest BCUT2D eigenvalue weighted by molar-refractivity contribution is 0.0651. The smallest absolute Gasteiger partial charge is 0.253 e. The summed E-state index contributed by atoms with van der Waals surface area (Å²) in [7, 11) is 0. The maximum Gasteiger partial charge on any atom is 0.253 e. The highest BCUT2D eigenvalue weighted by Crippen LogP contribution is 2.47. The maximum atomic E-state index is 12.6. The van der Waals surface area contributed by atoms with Gasteiger partial charge in [-0.2, -0.15) is 0 Å². The van der Waals surface area contributed by atoms with Crippen molar-refractivity contribution in [3.63, 3.8) is 0 Å². The lowest BCUT2D eigenvalue weighted by Gasteiger charge is -2.38.